The van der Waals surface area contributed by atoms with Gasteiger partial charge in [0.25, 0.3) is 11.5 Å². The van der Waals surface area contributed by atoms with Crippen molar-refractivity contribution in [2.45, 2.75) is 19.6 Å². The lowest BCUT2D eigenvalue weighted by molar-refractivity contribution is -0.139. The first-order valence-corrected chi connectivity index (χ1v) is 7.90. The zero-order valence-corrected chi connectivity index (χ0v) is 14.0. The van der Waals surface area contributed by atoms with Gasteiger partial charge in [-0.05, 0) is 31.2 Å². The Labute approximate surface area is 150 Å². The van der Waals surface area contributed by atoms with Gasteiger partial charge in [0.15, 0.2) is 5.69 Å². The number of benzene rings is 2. The van der Waals surface area contributed by atoms with Crippen molar-refractivity contribution in [3.05, 3.63) is 69.9 Å². The van der Waals surface area contributed by atoms with Crippen LogP contribution in [0.1, 0.15) is 23.0 Å². The topological polar surface area (TPSA) is 64.0 Å². The molecule has 0 aliphatic carbocycles. The maximum atomic E-state index is 13.4. The fourth-order valence-corrected chi connectivity index (χ4v) is 2.63. The summed E-state index contributed by atoms with van der Waals surface area (Å²) in [4.78, 5) is 24.9. The molecule has 1 heterocycles. The fraction of sp³-hybridized carbons (Fsp3) is 0.167. The van der Waals surface area contributed by atoms with E-state index < -0.39 is 23.5 Å². The second-order valence-corrected chi connectivity index (χ2v) is 5.66. The average molecular weight is 379 g/mol. The van der Waals surface area contributed by atoms with Gasteiger partial charge in [0.2, 0.25) is 0 Å². The molecule has 0 aliphatic heterocycles. The quantitative estimate of drug-likeness (QED) is 0.704. The summed E-state index contributed by atoms with van der Waals surface area (Å²) >= 11 is 0. The van der Waals surface area contributed by atoms with Gasteiger partial charge in [-0.25, -0.2) is 9.07 Å². The molecule has 1 aromatic heterocycles. The van der Waals surface area contributed by atoms with E-state index in [9.17, 15) is 27.2 Å². The van der Waals surface area contributed by atoms with Gasteiger partial charge in [0.1, 0.15) is 5.82 Å². The molecule has 5 nitrogen and oxygen atoms in total. The number of anilines is 1. The van der Waals surface area contributed by atoms with Crippen LogP contribution in [0.2, 0.25) is 0 Å². The molecule has 0 saturated carbocycles. The van der Waals surface area contributed by atoms with Gasteiger partial charge in [-0.2, -0.15) is 18.3 Å². The van der Waals surface area contributed by atoms with Crippen LogP contribution in [-0.4, -0.2) is 15.7 Å². The molecule has 0 aliphatic rings. The standard InChI is InChI=1S/C18H13F4N3O2/c1-2-25-17(27)12-6-4-3-5-11(12)15(24-25)16(26)23-10-7-8-14(19)13(9-10)18(20,21)22/h3-9H,2H2,1H3,(H,23,26). The molecular weight excluding hydrogens is 366 g/mol. The van der Waals surface area contributed by atoms with Gasteiger partial charge in [0.05, 0.1) is 10.9 Å². The van der Waals surface area contributed by atoms with Crippen molar-refractivity contribution in [1.29, 1.82) is 0 Å². The number of rotatable bonds is 3. The third-order valence-corrected chi connectivity index (χ3v) is 3.91. The molecule has 3 aromatic rings. The minimum absolute atomic E-state index is 0.120. The van der Waals surface area contributed by atoms with Crippen molar-refractivity contribution < 1.29 is 22.4 Å². The van der Waals surface area contributed by atoms with Crippen molar-refractivity contribution >= 4 is 22.4 Å². The molecule has 0 unspecified atom stereocenters. The number of hydrogen-bond donors (Lipinski definition) is 1. The number of aromatic nitrogens is 2. The Kier molecular flexibility index (Phi) is 4.69. The molecule has 140 valence electrons. The number of aryl methyl sites for hydroxylation is 1. The molecule has 27 heavy (non-hydrogen) atoms. The second kappa shape index (κ2) is 6.82. The Hall–Kier alpha value is -3.23. The van der Waals surface area contributed by atoms with Crippen molar-refractivity contribution in [3.8, 4) is 0 Å². The van der Waals surface area contributed by atoms with E-state index in [1.807, 2.05) is 0 Å². The third kappa shape index (κ3) is 3.53. The van der Waals surface area contributed by atoms with Gasteiger partial charge in [-0.1, -0.05) is 18.2 Å². The van der Waals surface area contributed by atoms with Gasteiger partial charge >= 0.3 is 6.18 Å². The molecule has 0 bridgehead atoms. The van der Waals surface area contributed by atoms with Crippen molar-refractivity contribution in [2.75, 3.05) is 5.32 Å². The molecule has 0 fully saturated rings. The van der Waals surface area contributed by atoms with E-state index >= 15 is 0 Å². The van der Waals surface area contributed by atoms with Gasteiger partial charge in [0, 0.05) is 17.6 Å². The number of hydrogen-bond acceptors (Lipinski definition) is 3. The van der Waals surface area contributed by atoms with E-state index in [1.54, 1.807) is 19.1 Å². The van der Waals surface area contributed by atoms with E-state index in [0.717, 1.165) is 10.7 Å². The largest absolute Gasteiger partial charge is 0.419 e. The van der Waals surface area contributed by atoms with Crippen molar-refractivity contribution in [3.63, 3.8) is 0 Å². The minimum atomic E-state index is -4.90. The maximum absolute atomic E-state index is 13.4. The van der Waals surface area contributed by atoms with E-state index in [1.165, 1.54) is 12.1 Å². The molecular formula is C18H13F4N3O2. The van der Waals surface area contributed by atoms with Crippen LogP contribution in [0.25, 0.3) is 10.8 Å². The van der Waals surface area contributed by atoms with Crippen LogP contribution in [0.15, 0.2) is 47.3 Å². The molecule has 0 radical (unpaired) electrons. The molecule has 1 N–H and O–H groups in total. The van der Waals surface area contributed by atoms with Crippen molar-refractivity contribution in [2.24, 2.45) is 0 Å². The fourth-order valence-electron chi connectivity index (χ4n) is 2.63. The van der Waals surface area contributed by atoms with Crippen LogP contribution in [0, 0.1) is 5.82 Å². The summed E-state index contributed by atoms with van der Waals surface area (Å²) in [5, 5.41) is 6.80. The second-order valence-electron chi connectivity index (χ2n) is 5.66. The lowest BCUT2D eigenvalue weighted by atomic mass is 10.1. The molecule has 2 aromatic carbocycles. The first-order chi connectivity index (χ1) is 12.7. The third-order valence-electron chi connectivity index (χ3n) is 3.91. The number of fused-ring (bicyclic) bond motifs is 1. The highest BCUT2D eigenvalue weighted by Gasteiger charge is 2.34. The summed E-state index contributed by atoms with van der Waals surface area (Å²) in [5.41, 5.74) is -2.23. The summed E-state index contributed by atoms with van der Waals surface area (Å²) in [5.74, 6) is -2.25. The zero-order valence-electron chi connectivity index (χ0n) is 14.0. The first-order valence-electron chi connectivity index (χ1n) is 7.90. The van der Waals surface area contributed by atoms with E-state index in [2.05, 4.69) is 10.4 Å². The Balaban J connectivity index is 2.05. The highest BCUT2D eigenvalue weighted by atomic mass is 19.4. The summed E-state index contributed by atoms with van der Waals surface area (Å²) < 4.78 is 53.0. The SMILES string of the molecule is CCn1nc(C(=O)Nc2ccc(F)c(C(F)(F)F)c2)c2ccccc2c1=O. The number of amides is 1. The molecule has 1 amide bonds. The van der Waals surface area contributed by atoms with Gasteiger partial charge < -0.3 is 5.32 Å². The highest BCUT2D eigenvalue weighted by Crippen LogP contribution is 2.33. The van der Waals surface area contributed by atoms with Gasteiger partial charge in [-0.3, -0.25) is 9.59 Å². The maximum Gasteiger partial charge on any atom is 0.419 e. The summed E-state index contributed by atoms with van der Waals surface area (Å²) in [6.45, 7) is 1.87. The Morgan fingerprint density at radius 2 is 1.81 bits per heavy atom. The molecule has 9 heteroatoms. The molecule has 0 atom stereocenters. The molecule has 0 spiro atoms. The smallest absolute Gasteiger partial charge is 0.321 e. The Morgan fingerprint density at radius 3 is 2.44 bits per heavy atom. The van der Waals surface area contributed by atoms with Crippen LogP contribution in [0.4, 0.5) is 23.2 Å². The number of nitrogens with one attached hydrogen (secondary N) is 1. The summed E-state index contributed by atoms with van der Waals surface area (Å²) in [6.07, 6.45) is -4.90. The molecule has 3 rings (SSSR count). The summed E-state index contributed by atoms with van der Waals surface area (Å²) in [7, 11) is 0. The molecule has 0 saturated heterocycles. The number of carbonyl (C=O) groups excluding carboxylic acids is 1. The van der Waals surface area contributed by atoms with E-state index in [-0.39, 0.29) is 34.3 Å². The lowest BCUT2D eigenvalue weighted by Crippen LogP contribution is -2.27. The lowest BCUT2D eigenvalue weighted by Gasteiger charge is -2.12. The first kappa shape index (κ1) is 18.6. The Morgan fingerprint density at radius 1 is 1.15 bits per heavy atom. The number of carbonyl (C=O) groups is 1. The highest BCUT2D eigenvalue weighted by molar-refractivity contribution is 6.11. The number of halogens is 4. The van der Waals surface area contributed by atoms with Crippen LogP contribution in [0.5, 0.6) is 0 Å². The van der Waals surface area contributed by atoms with E-state index in [0.29, 0.717) is 12.1 Å². The van der Waals surface area contributed by atoms with Crippen LogP contribution >= 0.6 is 0 Å². The Bertz CT molecular complexity index is 1090. The summed E-state index contributed by atoms with van der Waals surface area (Å²) in [6, 6.07) is 8.42. The number of nitrogens with zero attached hydrogens (tertiary/aromatic N) is 2. The normalized spacial score (nSPS) is 11.6. The van der Waals surface area contributed by atoms with Crippen LogP contribution in [0.3, 0.4) is 0 Å². The predicted octanol–water partition coefficient (Wildman–Crippen LogP) is 3.83. The van der Waals surface area contributed by atoms with E-state index in [4.69, 9.17) is 0 Å². The van der Waals surface area contributed by atoms with Crippen molar-refractivity contribution in [1.82, 2.24) is 9.78 Å². The zero-order chi connectivity index (χ0) is 19.8. The monoisotopic (exact) mass is 379 g/mol. The number of alkyl halides is 3. The van der Waals surface area contributed by atoms with Gasteiger partial charge in [-0.15, -0.1) is 0 Å². The van der Waals surface area contributed by atoms with Crippen LogP contribution in [-0.2, 0) is 12.7 Å². The minimum Gasteiger partial charge on any atom is -0.321 e. The predicted molar refractivity (Wildman–Crippen MR) is 91.0 cm³/mol. The average Bonchev–Trinajstić information content (AvgIpc) is 2.63. The van der Waals surface area contributed by atoms with Crippen LogP contribution < -0.4 is 10.9 Å².